The van der Waals surface area contributed by atoms with Gasteiger partial charge < -0.3 is 0 Å². The van der Waals surface area contributed by atoms with Gasteiger partial charge in [0.1, 0.15) is 0 Å². The van der Waals surface area contributed by atoms with E-state index in [1.54, 1.807) is 5.01 Å². The molecular weight excluding hydrogens is 370 g/mol. The van der Waals surface area contributed by atoms with Gasteiger partial charge in [-0.15, -0.1) is 0 Å². The number of fused-ring (bicyclic) bond motifs is 1. The van der Waals surface area contributed by atoms with E-state index in [0.29, 0.717) is 13.1 Å². The summed E-state index contributed by atoms with van der Waals surface area (Å²) in [6, 6.07) is 0. The van der Waals surface area contributed by atoms with Gasteiger partial charge in [0.05, 0.1) is 31.2 Å². The van der Waals surface area contributed by atoms with Crippen LogP contribution in [0, 0.1) is 0 Å². The number of imide groups is 1. The maximum Gasteiger partial charge on any atom is 0.277 e. The van der Waals surface area contributed by atoms with E-state index >= 15 is 0 Å². The molecule has 0 unspecified atom stereocenters. The molecule has 1 aromatic rings. The molecule has 118 valence electrons. The fourth-order valence-corrected chi connectivity index (χ4v) is 3.86. The summed E-state index contributed by atoms with van der Waals surface area (Å²) in [7, 11) is 0. The third-order valence-corrected chi connectivity index (χ3v) is 5.75. The van der Waals surface area contributed by atoms with Crippen LogP contribution in [0.15, 0.2) is 0 Å². The Bertz CT molecular complexity index is 623. The molecule has 0 bridgehead atoms. The Hall–Kier alpha value is -0.520. The number of hydrazine groups is 1. The predicted molar refractivity (Wildman–Crippen MR) is 87.0 cm³/mol. The number of carbonyl (C=O) groups is 2. The van der Waals surface area contributed by atoms with Crippen molar-refractivity contribution in [1.29, 1.82) is 0 Å². The van der Waals surface area contributed by atoms with Gasteiger partial charge >= 0.3 is 0 Å². The zero-order chi connectivity index (χ0) is 16.0. The number of halogens is 4. The van der Waals surface area contributed by atoms with Crippen molar-refractivity contribution in [3.8, 4) is 0 Å². The van der Waals surface area contributed by atoms with E-state index < -0.39 is 11.8 Å². The number of nitrogens with zero attached hydrogens (tertiary/aromatic N) is 2. The summed E-state index contributed by atoms with van der Waals surface area (Å²) < 4.78 is 0. The zero-order valence-corrected chi connectivity index (χ0v) is 14.5. The maximum atomic E-state index is 12.7. The Morgan fingerprint density at radius 2 is 1.05 bits per heavy atom. The number of hydrogen-bond donors (Lipinski definition) is 0. The average molecular weight is 382 g/mol. The van der Waals surface area contributed by atoms with E-state index in [2.05, 4.69) is 0 Å². The van der Waals surface area contributed by atoms with Crippen LogP contribution in [0.5, 0.6) is 0 Å². The highest BCUT2D eigenvalue weighted by Gasteiger charge is 2.44. The van der Waals surface area contributed by atoms with Crippen molar-refractivity contribution in [1.82, 2.24) is 10.0 Å². The highest BCUT2D eigenvalue weighted by Crippen LogP contribution is 2.45. The lowest BCUT2D eigenvalue weighted by Gasteiger charge is -2.28. The topological polar surface area (TPSA) is 40.6 Å². The molecule has 0 N–H and O–H groups in total. The number of rotatable bonds is 1. The smallest absolute Gasteiger partial charge is 0.267 e. The van der Waals surface area contributed by atoms with Crippen molar-refractivity contribution in [2.24, 2.45) is 0 Å². The number of amides is 2. The van der Waals surface area contributed by atoms with E-state index in [0.717, 1.165) is 30.7 Å². The van der Waals surface area contributed by atoms with Gasteiger partial charge in [-0.1, -0.05) is 59.2 Å². The Labute approximate surface area is 147 Å². The van der Waals surface area contributed by atoms with Gasteiger partial charge in [-0.25, -0.2) is 10.0 Å². The summed E-state index contributed by atoms with van der Waals surface area (Å²) >= 11 is 24.2. The Morgan fingerprint density at radius 1 is 0.636 bits per heavy atom. The SMILES string of the molecule is O=C1c2c(Cl)c(Cl)c(Cl)c(Cl)c2C(=O)N1N1CCCCCC1. The normalized spacial score (nSPS) is 19.5. The first-order valence-electron chi connectivity index (χ1n) is 6.94. The van der Waals surface area contributed by atoms with E-state index in [1.807, 2.05) is 0 Å². The molecule has 0 atom stereocenters. The highest BCUT2D eigenvalue weighted by atomic mass is 35.5. The lowest BCUT2D eigenvalue weighted by Crippen LogP contribution is -2.46. The van der Waals surface area contributed by atoms with E-state index in [4.69, 9.17) is 46.4 Å². The fraction of sp³-hybridized carbons (Fsp3) is 0.429. The van der Waals surface area contributed by atoms with Crippen LogP contribution in [-0.4, -0.2) is 34.9 Å². The van der Waals surface area contributed by atoms with Gasteiger partial charge in [-0.05, 0) is 12.8 Å². The summed E-state index contributed by atoms with van der Waals surface area (Å²) in [5.74, 6) is -0.986. The molecule has 2 heterocycles. The van der Waals surface area contributed by atoms with Crippen molar-refractivity contribution >= 4 is 58.2 Å². The van der Waals surface area contributed by atoms with Crippen LogP contribution in [0.2, 0.25) is 20.1 Å². The van der Waals surface area contributed by atoms with Crippen LogP contribution in [-0.2, 0) is 0 Å². The lowest BCUT2D eigenvalue weighted by atomic mass is 10.1. The molecular formula is C14H12Cl4N2O2. The largest absolute Gasteiger partial charge is 0.277 e. The van der Waals surface area contributed by atoms with Crippen molar-refractivity contribution in [2.45, 2.75) is 25.7 Å². The molecule has 1 saturated heterocycles. The second-order valence-corrected chi connectivity index (χ2v) is 6.81. The van der Waals surface area contributed by atoms with Crippen molar-refractivity contribution in [3.05, 3.63) is 31.2 Å². The molecule has 0 spiro atoms. The second kappa shape index (κ2) is 6.17. The van der Waals surface area contributed by atoms with E-state index in [-0.39, 0.29) is 31.2 Å². The van der Waals surface area contributed by atoms with Crippen molar-refractivity contribution in [3.63, 3.8) is 0 Å². The molecule has 0 radical (unpaired) electrons. The standard InChI is InChI=1S/C14H12Cl4N2O2/c15-9-7-8(10(16)12(18)11(9)17)14(22)20(13(7)21)19-5-3-1-2-4-6-19/h1-6H2. The summed E-state index contributed by atoms with van der Waals surface area (Å²) in [6.07, 6.45) is 4.02. The van der Waals surface area contributed by atoms with E-state index in [1.165, 1.54) is 0 Å². The molecule has 3 rings (SSSR count). The highest BCUT2D eigenvalue weighted by molar-refractivity contribution is 6.55. The van der Waals surface area contributed by atoms with Crippen LogP contribution >= 0.6 is 46.4 Å². The van der Waals surface area contributed by atoms with Crippen molar-refractivity contribution in [2.75, 3.05) is 13.1 Å². The first-order valence-corrected chi connectivity index (χ1v) is 8.46. The average Bonchev–Trinajstić information content (AvgIpc) is 2.69. The summed E-state index contributed by atoms with van der Waals surface area (Å²) in [5, 5.41) is 2.81. The molecule has 0 aliphatic carbocycles. The van der Waals surface area contributed by atoms with E-state index in [9.17, 15) is 9.59 Å². The second-order valence-electron chi connectivity index (χ2n) is 5.30. The van der Waals surface area contributed by atoms with Gasteiger partial charge in [-0.3, -0.25) is 9.59 Å². The first-order chi connectivity index (χ1) is 10.4. The Kier molecular flexibility index (Phi) is 4.59. The lowest BCUT2D eigenvalue weighted by molar-refractivity contribution is 0.00302. The van der Waals surface area contributed by atoms with Crippen LogP contribution in [0.3, 0.4) is 0 Å². The molecule has 8 heteroatoms. The van der Waals surface area contributed by atoms with Crippen LogP contribution in [0.25, 0.3) is 0 Å². The minimum Gasteiger partial charge on any atom is -0.267 e. The predicted octanol–water partition coefficient (Wildman–Crippen LogP) is 4.69. The zero-order valence-electron chi connectivity index (χ0n) is 11.5. The first kappa shape index (κ1) is 16.3. The molecule has 4 nitrogen and oxygen atoms in total. The van der Waals surface area contributed by atoms with Gasteiger partial charge in [0.25, 0.3) is 11.8 Å². The van der Waals surface area contributed by atoms with Gasteiger partial charge in [-0.2, -0.15) is 0 Å². The maximum absolute atomic E-state index is 12.7. The van der Waals surface area contributed by atoms with Crippen molar-refractivity contribution < 1.29 is 9.59 Å². The molecule has 2 aliphatic rings. The molecule has 2 aliphatic heterocycles. The summed E-state index contributed by atoms with van der Waals surface area (Å²) in [6.45, 7) is 1.28. The summed E-state index contributed by atoms with van der Waals surface area (Å²) in [4.78, 5) is 25.3. The minimum atomic E-state index is -0.493. The molecule has 2 amide bonds. The third kappa shape index (κ3) is 2.42. The molecule has 0 saturated carbocycles. The number of hydrogen-bond acceptors (Lipinski definition) is 3. The van der Waals surface area contributed by atoms with Gasteiger partial charge in [0.2, 0.25) is 0 Å². The molecule has 1 aromatic carbocycles. The van der Waals surface area contributed by atoms with Crippen LogP contribution in [0.4, 0.5) is 0 Å². The fourth-order valence-electron chi connectivity index (χ4n) is 2.85. The van der Waals surface area contributed by atoms with Gasteiger partial charge in [0.15, 0.2) is 0 Å². The quantitative estimate of drug-likeness (QED) is 0.402. The third-order valence-electron chi connectivity index (χ3n) is 3.94. The van der Waals surface area contributed by atoms with Gasteiger partial charge in [0, 0.05) is 13.1 Å². The molecule has 1 fully saturated rings. The Morgan fingerprint density at radius 3 is 1.45 bits per heavy atom. The number of carbonyl (C=O) groups excluding carboxylic acids is 2. The molecule has 0 aromatic heterocycles. The van der Waals surface area contributed by atoms with Crippen LogP contribution < -0.4 is 0 Å². The monoisotopic (exact) mass is 380 g/mol. The summed E-state index contributed by atoms with van der Waals surface area (Å²) in [5.41, 5.74) is 0.0747. The number of benzene rings is 1. The Balaban J connectivity index is 2.09. The van der Waals surface area contributed by atoms with Crippen LogP contribution in [0.1, 0.15) is 46.4 Å². The minimum absolute atomic E-state index is 0.00838. The molecule has 22 heavy (non-hydrogen) atoms.